The predicted molar refractivity (Wildman–Crippen MR) is 144 cm³/mol. The zero-order chi connectivity index (χ0) is 26.6. The van der Waals surface area contributed by atoms with Gasteiger partial charge in [-0.05, 0) is 25.0 Å². The molecule has 0 fully saturated rings. The van der Waals surface area contributed by atoms with Gasteiger partial charge in [-0.15, -0.1) is 0 Å². The van der Waals surface area contributed by atoms with Crippen LogP contribution in [0.3, 0.4) is 0 Å². The van der Waals surface area contributed by atoms with Crippen LogP contribution in [0.2, 0.25) is 0 Å². The Balaban J connectivity index is 1.33. The zero-order valence-electron chi connectivity index (χ0n) is 21.1. The Morgan fingerprint density at radius 2 is 1.39 bits per heavy atom. The maximum absolute atomic E-state index is 12.7. The second-order valence-electron chi connectivity index (χ2n) is 8.37. The molecule has 0 aromatic heterocycles. The van der Waals surface area contributed by atoms with Crippen LogP contribution in [0.15, 0.2) is 79.4 Å². The molecule has 0 bridgehead atoms. The number of esters is 1. The van der Waals surface area contributed by atoms with Crippen LogP contribution in [-0.2, 0) is 31.8 Å². The van der Waals surface area contributed by atoms with Crippen LogP contribution in [0.4, 0.5) is 4.79 Å². The Labute approximate surface area is 221 Å². The molecule has 0 saturated carbocycles. The first-order valence-corrected chi connectivity index (χ1v) is 12.5. The maximum Gasteiger partial charge on any atom is 0.412 e. The Morgan fingerprint density at radius 3 is 2.11 bits per heavy atom. The summed E-state index contributed by atoms with van der Waals surface area (Å²) >= 11 is 0. The molecule has 3 aromatic carbocycles. The third-order valence-electron chi connectivity index (χ3n) is 5.82. The van der Waals surface area contributed by atoms with Crippen LogP contribution < -0.4 is 14.8 Å². The molecule has 198 valence electrons. The molecule has 0 radical (unpaired) electrons. The number of rotatable bonds is 13. The highest BCUT2D eigenvalue weighted by Crippen LogP contribution is 2.44. The Hall–Kier alpha value is -4.14. The van der Waals surface area contributed by atoms with Gasteiger partial charge in [0.05, 0.1) is 26.4 Å². The summed E-state index contributed by atoms with van der Waals surface area (Å²) in [5.41, 5.74) is 1.96. The lowest BCUT2D eigenvalue weighted by atomic mass is 9.90. The van der Waals surface area contributed by atoms with E-state index in [0.29, 0.717) is 38.4 Å². The second kappa shape index (κ2) is 14.0. The van der Waals surface area contributed by atoms with Gasteiger partial charge in [-0.3, -0.25) is 0 Å². The fourth-order valence-electron chi connectivity index (χ4n) is 4.09. The summed E-state index contributed by atoms with van der Waals surface area (Å²) in [6.07, 6.45) is 6.07. The van der Waals surface area contributed by atoms with Gasteiger partial charge in [0.25, 0.3) is 0 Å². The third kappa shape index (κ3) is 7.21. The summed E-state index contributed by atoms with van der Waals surface area (Å²) in [6, 6.07) is 17.5. The number of nitrogens with one attached hydrogen (secondary N) is 1. The van der Waals surface area contributed by atoms with Crippen molar-refractivity contribution in [1.29, 1.82) is 0 Å². The lowest BCUT2D eigenvalue weighted by molar-refractivity contribution is -0.139. The number of carbonyl (C=O) groups excluding carboxylic acids is 2. The summed E-state index contributed by atoms with van der Waals surface area (Å²) in [4.78, 5) is 23.6. The number of fused-ring (bicyclic) bond motifs is 2. The van der Waals surface area contributed by atoms with Crippen LogP contribution in [0.25, 0.3) is 10.8 Å². The summed E-state index contributed by atoms with van der Waals surface area (Å²) in [6.45, 7) is 5.03. The molecule has 0 spiro atoms. The number of allylic oxidation sites excluding steroid dienone is 2. The molecule has 0 aliphatic heterocycles. The quantitative estimate of drug-likeness (QED) is 0.145. The Bertz CT molecular complexity index is 1290. The first-order chi connectivity index (χ1) is 18.7. The van der Waals surface area contributed by atoms with Crippen molar-refractivity contribution in [2.24, 2.45) is 0 Å². The fraction of sp³-hybridized carbons (Fsp3) is 0.267. The molecular formula is C30H31NO7. The zero-order valence-corrected chi connectivity index (χ0v) is 21.1. The van der Waals surface area contributed by atoms with E-state index in [1.54, 1.807) is 0 Å². The van der Waals surface area contributed by atoms with E-state index in [0.717, 1.165) is 39.5 Å². The number of amides is 1. The summed E-state index contributed by atoms with van der Waals surface area (Å²) in [7, 11) is 0. The van der Waals surface area contributed by atoms with Crippen LogP contribution in [0.1, 0.15) is 11.1 Å². The van der Waals surface area contributed by atoms with Crippen LogP contribution in [0.5, 0.6) is 17.2 Å². The average molecular weight is 518 g/mol. The van der Waals surface area contributed by atoms with Gasteiger partial charge in [0.1, 0.15) is 23.9 Å². The van der Waals surface area contributed by atoms with Crippen LogP contribution >= 0.6 is 0 Å². The second-order valence-corrected chi connectivity index (χ2v) is 8.37. The normalized spacial score (nSPS) is 12.0. The molecule has 1 aliphatic carbocycles. The minimum atomic E-state index is -0.549. The summed E-state index contributed by atoms with van der Waals surface area (Å²) in [5, 5.41) is 4.44. The first kappa shape index (κ1) is 26.9. The number of hydrogen-bond acceptors (Lipinski definition) is 7. The van der Waals surface area contributed by atoms with Gasteiger partial charge in [-0.1, -0.05) is 61.2 Å². The molecule has 0 atom stereocenters. The van der Waals surface area contributed by atoms with E-state index in [2.05, 4.69) is 24.0 Å². The smallest absolute Gasteiger partial charge is 0.412 e. The number of para-hydroxylation sites is 1. The third-order valence-corrected chi connectivity index (χ3v) is 5.82. The van der Waals surface area contributed by atoms with Gasteiger partial charge in [0.15, 0.2) is 0 Å². The largest absolute Gasteiger partial charge is 0.460 e. The minimum absolute atomic E-state index is 0.159. The van der Waals surface area contributed by atoms with E-state index in [4.69, 9.17) is 23.7 Å². The number of hydrogen-bond donors (Lipinski definition) is 1. The SMILES string of the molecule is C=CC(=O)OCCOCCOCCNC(=O)Oc1c2c(c(Oc3ccccc3)c3ccccc13)CC=CC2. The molecule has 0 unspecified atom stereocenters. The van der Waals surface area contributed by atoms with Crippen molar-refractivity contribution in [2.75, 3.05) is 39.6 Å². The van der Waals surface area contributed by atoms with Gasteiger partial charge < -0.3 is 29.0 Å². The number of carbonyl (C=O) groups is 2. The Morgan fingerprint density at radius 1 is 0.789 bits per heavy atom. The van der Waals surface area contributed by atoms with E-state index >= 15 is 0 Å². The molecule has 0 saturated heterocycles. The standard InChI is InChI=1S/C30H31NO7/c1-2-27(32)36-21-20-35-19-18-34-17-16-31-30(33)38-29-25-14-8-6-12-23(25)28(24-13-7-9-15-26(24)29)37-22-10-4-3-5-11-22/h2-12,14H,1,13,15-21H2,(H,31,33). The van der Waals surface area contributed by atoms with Crippen molar-refractivity contribution >= 4 is 22.8 Å². The summed E-state index contributed by atoms with van der Waals surface area (Å²) < 4.78 is 27.8. The molecule has 1 aliphatic rings. The fourth-order valence-corrected chi connectivity index (χ4v) is 4.09. The highest BCUT2D eigenvalue weighted by Gasteiger charge is 2.24. The minimum Gasteiger partial charge on any atom is -0.460 e. The monoisotopic (exact) mass is 517 g/mol. The first-order valence-electron chi connectivity index (χ1n) is 12.5. The predicted octanol–water partition coefficient (Wildman–Crippen LogP) is 5.14. The molecule has 1 amide bonds. The van der Waals surface area contributed by atoms with E-state index in [1.165, 1.54) is 0 Å². The van der Waals surface area contributed by atoms with Crippen molar-refractivity contribution in [3.63, 3.8) is 0 Å². The Kier molecular flexibility index (Phi) is 9.89. The van der Waals surface area contributed by atoms with Gasteiger partial charge in [0.2, 0.25) is 0 Å². The van der Waals surface area contributed by atoms with Crippen LogP contribution in [-0.4, -0.2) is 51.6 Å². The van der Waals surface area contributed by atoms with Crippen molar-refractivity contribution in [3.8, 4) is 17.2 Å². The van der Waals surface area contributed by atoms with E-state index < -0.39 is 12.1 Å². The van der Waals surface area contributed by atoms with Crippen molar-refractivity contribution in [1.82, 2.24) is 5.32 Å². The van der Waals surface area contributed by atoms with Gasteiger partial charge in [-0.25, -0.2) is 9.59 Å². The summed E-state index contributed by atoms with van der Waals surface area (Å²) in [5.74, 6) is 1.60. The van der Waals surface area contributed by atoms with Crippen LogP contribution in [0, 0.1) is 0 Å². The number of ether oxygens (including phenoxy) is 5. The van der Waals surface area contributed by atoms with E-state index in [-0.39, 0.29) is 19.8 Å². The van der Waals surface area contributed by atoms with Crippen molar-refractivity contribution in [3.05, 3.63) is 90.5 Å². The van der Waals surface area contributed by atoms with Gasteiger partial charge in [0, 0.05) is 34.5 Å². The molecule has 8 nitrogen and oxygen atoms in total. The molecule has 1 N–H and O–H groups in total. The lowest BCUT2D eigenvalue weighted by Gasteiger charge is -2.23. The molecule has 3 aromatic rings. The maximum atomic E-state index is 12.7. The van der Waals surface area contributed by atoms with E-state index in [9.17, 15) is 9.59 Å². The highest BCUT2D eigenvalue weighted by molar-refractivity contribution is 5.98. The molecular weight excluding hydrogens is 486 g/mol. The lowest BCUT2D eigenvalue weighted by Crippen LogP contribution is -2.30. The molecule has 0 heterocycles. The topological polar surface area (TPSA) is 92.3 Å². The van der Waals surface area contributed by atoms with Crippen molar-refractivity contribution in [2.45, 2.75) is 12.8 Å². The highest BCUT2D eigenvalue weighted by atomic mass is 16.6. The molecule has 8 heteroatoms. The molecule has 4 rings (SSSR count). The number of benzene rings is 3. The van der Waals surface area contributed by atoms with Gasteiger partial charge >= 0.3 is 12.1 Å². The molecule has 38 heavy (non-hydrogen) atoms. The van der Waals surface area contributed by atoms with E-state index in [1.807, 2.05) is 54.6 Å². The van der Waals surface area contributed by atoms with Gasteiger partial charge in [-0.2, -0.15) is 0 Å². The van der Waals surface area contributed by atoms with Crippen molar-refractivity contribution < 1.29 is 33.3 Å². The average Bonchev–Trinajstić information content (AvgIpc) is 2.96.